The van der Waals surface area contributed by atoms with Crippen molar-refractivity contribution in [1.29, 1.82) is 0 Å². The molecule has 0 spiro atoms. The van der Waals surface area contributed by atoms with Crippen molar-refractivity contribution in [3.63, 3.8) is 0 Å². The molecule has 0 atom stereocenters. The highest BCUT2D eigenvalue weighted by Crippen LogP contribution is 2.24. The minimum Gasteiger partial charge on any atom is -0.461 e. The Labute approximate surface area is 121 Å². The number of halogens is 1. The van der Waals surface area contributed by atoms with Gasteiger partial charge >= 0.3 is 5.97 Å². The van der Waals surface area contributed by atoms with Gasteiger partial charge in [0, 0.05) is 17.7 Å². The van der Waals surface area contributed by atoms with Gasteiger partial charge in [-0.2, -0.15) is 0 Å². The van der Waals surface area contributed by atoms with Crippen LogP contribution in [-0.2, 0) is 9.53 Å². The number of likely N-dealkylation sites (N-methyl/N-ethyl adjacent to an activating group) is 1. The summed E-state index contributed by atoms with van der Waals surface area (Å²) in [6.45, 7) is 4.69. The molecule has 1 aromatic heterocycles. The Morgan fingerprint density at radius 3 is 2.89 bits per heavy atom. The quantitative estimate of drug-likeness (QED) is 0.798. The van der Waals surface area contributed by atoms with E-state index in [0.717, 1.165) is 16.0 Å². The number of aryl methyl sites for hydroxylation is 1. The first kappa shape index (κ1) is 13.9. The molecular weight excluding hydrogens is 310 g/mol. The van der Waals surface area contributed by atoms with Crippen LogP contribution in [0.2, 0.25) is 0 Å². The van der Waals surface area contributed by atoms with Crippen LogP contribution in [0.25, 0.3) is 0 Å². The standard InChI is InChI=1S/C13H16BrN3O2/c1-4-19-13(18)11-7-17(8-16(11)3)12-6-5-10(14)9(2)15-12/h5-7H,4,8H2,1-3H3. The van der Waals surface area contributed by atoms with Gasteiger partial charge in [0.1, 0.15) is 11.5 Å². The molecular formula is C13H16BrN3O2. The molecule has 19 heavy (non-hydrogen) atoms. The van der Waals surface area contributed by atoms with E-state index in [0.29, 0.717) is 19.0 Å². The molecule has 0 unspecified atom stereocenters. The molecule has 0 aromatic carbocycles. The van der Waals surface area contributed by atoms with Crippen molar-refractivity contribution >= 4 is 27.7 Å². The van der Waals surface area contributed by atoms with Crippen LogP contribution in [0.4, 0.5) is 5.82 Å². The summed E-state index contributed by atoms with van der Waals surface area (Å²) in [5, 5.41) is 0. The number of pyridine rings is 1. The minimum absolute atomic E-state index is 0.304. The molecule has 1 aromatic rings. The number of carbonyl (C=O) groups excluding carboxylic acids is 1. The molecule has 2 heterocycles. The van der Waals surface area contributed by atoms with E-state index in [1.54, 1.807) is 13.1 Å². The topological polar surface area (TPSA) is 45.7 Å². The summed E-state index contributed by atoms with van der Waals surface area (Å²) >= 11 is 3.42. The zero-order chi connectivity index (χ0) is 14.0. The van der Waals surface area contributed by atoms with E-state index in [2.05, 4.69) is 20.9 Å². The number of ether oxygens (including phenoxy) is 1. The molecule has 2 rings (SSSR count). The lowest BCUT2D eigenvalue weighted by Crippen LogP contribution is -2.26. The first-order valence-electron chi connectivity index (χ1n) is 6.02. The van der Waals surface area contributed by atoms with Crippen molar-refractivity contribution in [1.82, 2.24) is 9.88 Å². The van der Waals surface area contributed by atoms with E-state index in [4.69, 9.17) is 4.74 Å². The van der Waals surface area contributed by atoms with Crippen LogP contribution in [0.1, 0.15) is 12.6 Å². The van der Waals surface area contributed by atoms with Gasteiger partial charge in [-0.05, 0) is 41.9 Å². The molecule has 0 saturated heterocycles. The Hall–Kier alpha value is -1.56. The van der Waals surface area contributed by atoms with E-state index >= 15 is 0 Å². The zero-order valence-corrected chi connectivity index (χ0v) is 12.8. The van der Waals surface area contributed by atoms with Gasteiger partial charge in [0.25, 0.3) is 0 Å². The maximum absolute atomic E-state index is 11.8. The molecule has 0 fully saturated rings. The Bertz CT molecular complexity index is 531. The van der Waals surface area contributed by atoms with E-state index < -0.39 is 0 Å². The molecule has 1 aliphatic heterocycles. The second kappa shape index (κ2) is 5.61. The van der Waals surface area contributed by atoms with E-state index in [1.807, 2.05) is 35.9 Å². The highest BCUT2D eigenvalue weighted by atomic mass is 79.9. The summed E-state index contributed by atoms with van der Waals surface area (Å²) in [5.41, 5.74) is 1.46. The molecule has 0 N–H and O–H groups in total. The SMILES string of the molecule is CCOC(=O)C1=CN(c2ccc(Br)c(C)n2)CN1C. The third-order valence-electron chi connectivity index (χ3n) is 2.84. The van der Waals surface area contributed by atoms with Crippen molar-refractivity contribution in [2.75, 3.05) is 25.2 Å². The summed E-state index contributed by atoms with van der Waals surface area (Å²) in [6.07, 6.45) is 1.77. The number of hydrogen-bond donors (Lipinski definition) is 0. The second-order valence-corrected chi connectivity index (χ2v) is 5.13. The average Bonchev–Trinajstić information content (AvgIpc) is 2.75. The summed E-state index contributed by atoms with van der Waals surface area (Å²) in [7, 11) is 1.86. The summed E-state index contributed by atoms with van der Waals surface area (Å²) in [4.78, 5) is 20.0. The van der Waals surface area contributed by atoms with Gasteiger partial charge in [-0.1, -0.05) is 0 Å². The van der Waals surface area contributed by atoms with Crippen molar-refractivity contribution in [2.24, 2.45) is 0 Å². The van der Waals surface area contributed by atoms with Gasteiger partial charge in [-0.3, -0.25) is 0 Å². The van der Waals surface area contributed by atoms with E-state index in [-0.39, 0.29) is 5.97 Å². The third kappa shape index (κ3) is 2.89. The van der Waals surface area contributed by atoms with Gasteiger partial charge in [0.05, 0.1) is 19.0 Å². The lowest BCUT2D eigenvalue weighted by molar-refractivity contribution is -0.139. The maximum Gasteiger partial charge on any atom is 0.356 e. The van der Waals surface area contributed by atoms with Gasteiger partial charge in [0.2, 0.25) is 0 Å². The number of rotatable bonds is 3. The fourth-order valence-corrected chi connectivity index (χ4v) is 2.06. The maximum atomic E-state index is 11.8. The second-order valence-electron chi connectivity index (χ2n) is 4.28. The molecule has 0 aliphatic carbocycles. The van der Waals surface area contributed by atoms with Crippen molar-refractivity contribution < 1.29 is 9.53 Å². The normalized spacial score (nSPS) is 14.6. The minimum atomic E-state index is -0.304. The number of hydrogen-bond acceptors (Lipinski definition) is 5. The molecule has 1 aliphatic rings. The van der Waals surface area contributed by atoms with Crippen LogP contribution in [0.3, 0.4) is 0 Å². The average molecular weight is 326 g/mol. The lowest BCUT2D eigenvalue weighted by Gasteiger charge is -2.18. The Morgan fingerprint density at radius 1 is 1.53 bits per heavy atom. The Morgan fingerprint density at radius 2 is 2.26 bits per heavy atom. The molecule has 5 nitrogen and oxygen atoms in total. The fourth-order valence-electron chi connectivity index (χ4n) is 1.83. The summed E-state index contributed by atoms with van der Waals surface area (Å²) in [5.74, 6) is 0.508. The van der Waals surface area contributed by atoms with Crippen molar-refractivity contribution in [3.8, 4) is 0 Å². The van der Waals surface area contributed by atoms with E-state index in [9.17, 15) is 4.79 Å². The lowest BCUT2D eigenvalue weighted by atomic mass is 10.3. The predicted octanol–water partition coefficient (Wildman–Crippen LogP) is 2.27. The van der Waals surface area contributed by atoms with E-state index in [1.165, 1.54) is 0 Å². The summed E-state index contributed by atoms with van der Waals surface area (Å²) in [6, 6.07) is 3.86. The molecule has 6 heteroatoms. The predicted molar refractivity (Wildman–Crippen MR) is 76.5 cm³/mol. The number of esters is 1. The third-order valence-corrected chi connectivity index (χ3v) is 3.68. The molecule has 0 amide bonds. The largest absolute Gasteiger partial charge is 0.461 e. The highest BCUT2D eigenvalue weighted by Gasteiger charge is 2.25. The van der Waals surface area contributed by atoms with Crippen LogP contribution in [0.5, 0.6) is 0 Å². The first-order chi connectivity index (χ1) is 9.02. The number of aromatic nitrogens is 1. The van der Waals surface area contributed by atoms with Crippen molar-refractivity contribution in [2.45, 2.75) is 13.8 Å². The number of carbonyl (C=O) groups is 1. The Kier molecular flexibility index (Phi) is 4.09. The smallest absolute Gasteiger partial charge is 0.356 e. The van der Waals surface area contributed by atoms with Crippen LogP contribution < -0.4 is 4.90 Å². The molecule has 0 bridgehead atoms. The van der Waals surface area contributed by atoms with Gasteiger partial charge < -0.3 is 14.5 Å². The Balaban J connectivity index is 2.23. The first-order valence-corrected chi connectivity index (χ1v) is 6.82. The van der Waals surface area contributed by atoms with Crippen LogP contribution in [-0.4, -0.2) is 36.2 Å². The van der Waals surface area contributed by atoms with Crippen LogP contribution in [0.15, 0.2) is 28.5 Å². The number of nitrogens with zero attached hydrogens (tertiary/aromatic N) is 3. The molecule has 0 radical (unpaired) electrons. The van der Waals surface area contributed by atoms with Crippen LogP contribution >= 0.6 is 15.9 Å². The monoisotopic (exact) mass is 325 g/mol. The summed E-state index contributed by atoms with van der Waals surface area (Å²) < 4.78 is 5.99. The van der Waals surface area contributed by atoms with Crippen LogP contribution in [0, 0.1) is 6.92 Å². The molecule has 102 valence electrons. The highest BCUT2D eigenvalue weighted by molar-refractivity contribution is 9.10. The van der Waals surface area contributed by atoms with Crippen molar-refractivity contribution in [3.05, 3.63) is 34.2 Å². The fraction of sp³-hybridized carbons (Fsp3) is 0.385. The van der Waals surface area contributed by atoms with Gasteiger partial charge in [-0.25, -0.2) is 9.78 Å². The molecule has 0 saturated carbocycles. The van der Waals surface area contributed by atoms with Gasteiger partial charge in [0.15, 0.2) is 0 Å². The number of anilines is 1. The zero-order valence-electron chi connectivity index (χ0n) is 11.2. The van der Waals surface area contributed by atoms with Gasteiger partial charge in [-0.15, -0.1) is 0 Å².